The highest BCUT2D eigenvalue weighted by Crippen LogP contribution is 2.34. The monoisotopic (exact) mass is 368 g/mol. The van der Waals surface area contributed by atoms with Crippen LogP contribution in [0.1, 0.15) is 12.0 Å². The second-order valence-corrected chi connectivity index (χ2v) is 7.32. The molecule has 2 aliphatic heterocycles. The van der Waals surface area contributed by atoms with Crippen molar-refractivity contribution in [3.8, 4) is 0 Å². The molecule has 5 heteroatoms. The number of amides is 2. The molecular formula is C21H23ClN3O+. The minimum Gasteiger partial charge on any atom is -0.299 e. The number of rotatable bonds is 4. The Hall–Kier alpha value is -2.14. The lowest BCUT2D eigenvalue weighted by Gasteiger charge is -2.43. The second kappa shape index (κ2) is 7.23. The van der Waals surface area contributed by atoms with E-state index in [9.17, 15) is 4.79 Å². The van der Waals surface area contributed by atoms with E-state index in [4.69, 9.17) is 11.6 Å². The highest BCUT2D eigenvalue weighted by molar-refractivity contribution is 6.30. The van der Waals surface area contributed by atoms with Crippen molar-refractivity contribution in [1.82, 2.24) is 14.7 Å². The van der Waals surface area contributed by atoms with Crippen molar-refractivity contribution >= 4 is 23.3 Å². The van der Waals surface area contributed by atoms with Gasteiger partial charge in [0.25, 0.3) is 0 Å². The van der Waals surface area contributed by atoms with Crippen molar-refractivity contribution in [2.45, 2.75) is 19.1 Å². The van der Waals surface area contributed by atoms with Gasteiger partial charge in [-0.3, -0.25) is 5.32 Å². The summed E-state index contributed by atoms with van der Waals surface area (Å²) in [5, 5.41) is 3.73. The smallest absolute Gasteiger partial charge is 0.299 e. The fourth-order valence-electron chi connectivity index (χ4n) is 4.07. The molecule has 26 heavy (non-hydrogen) atoms. The molecule has 1 fully saturated rings. The zero-order valence-corrected chi connectivity index (χ0v) is 15.4. The van der Waals surface area contributed by atoms with E-state index in [0.717, 1.165) is 31.7 Å². The summed E-state index contributed by atoms with van der Waals surface area (Å²) in [5.74, 6) is 0. The van der Waals surface area contributed by atoms with Crippen molar-refractivity contribution < 1.29 is 4.79 Å². The number of halogens is 1. The van der Waals surface area contributed by atoms with Gasteiger partial charge in [0.15, 0.2) is 6.17 Å². The summed E-state index contributed by atoms with van der Waals surface area (Å²) in [5.41, 5.74) is 2.25. The maximum Gasteiger partial charge on any atom is 0.423 e. The molecule has 1 N–H and O–H groups in total. The number of nitrogens with zero attached hydrogens (tertiary/aromatic N) is 2. The third-order valence-corrected chi connectivity index (χ3v) is 5.59. The summed E-state index contributed by atoms with van der Waals surface area (Å²) >= 11 is 6.09. The van der Waals surface area contributed by atoms with E-state index >= 15 is 0 Å². The van der Waals surface area contributed by atoms with Crippen molar-refractivity contribution in [3.05, 3.63) is 77.3 Å². The molecule has 2 amide bonds. The van der Waals surface area contributed by atoms with Crippen LogP contribution in [0, 0.1) is 0 Å². The van der Waals surface area contributed by atoms with Crippen LogP contribution in [0.15, 0.2) is 66.7 Å². The topological polar surface area (TPSA) is 32.3 Å². The van der Waals surface area contributed by atoms with Crippen LogP contribution in [0.2, 0.25) is 5.02 Å². The zero-order chi connectivity index (χ0) is 18.0. The highest BCUT2D eigenvalue weighted by atomic mass is 35.5. The summed E-state index contributed by atoms with van der Waals surface area (Å²) < 4.78 is 0.278. The van der Waals surface area contributed by atoms with Crippen LogP contribution in [0.25, 0.3) is 0 Å². The predicted octanol–water partition coefficient (Wildman–Crippen LogP) is 4.16. The molecule has 0 aromatic heterocycles. The van der Waals surface area contributed by atoms with Gasteiger partial charge in [-0.1, -0.05) is 48.0 Å². The van der Waals surface area contributed by atoms with E-state index in [1.54, 1.807) is 0 Å². The van der Waals surface area contributed by atoms with Crippen molar-refractivity contribution in [2.24, 2.45) is 0 Å². The number of nitrogens with one attached hydrogen (secondary N) is 1. The Labute approximate surface area is 159 Å². The fourth-order valence-corrected chi connectivity index (χ4v) is 4.19. The SMILES string of the molecule is O=C1NCC[N+]1(c1ccc(Cl)cc1)C1C=CCCN1Cc1ccccc1. The molecular weight excluding hydrogens is 346 g/mol. The molecule has 4 nitrogen and oxygen atoms in total. The number of benzene rings is 2. The van der Waals surface area contributed by atoms with Gasteiger partial charge in [0.2, 0.25) is 0 Å². The lowest BCUT2D eigenvalue weighted by molar-refractivity contribution is 0.102. The van der Waals surface area contributed by atoms with Gasteiger partial charge in [-0.05, 0) is 30.2 Å². The number of carbonyl (C=O) groups excluding carboxylic acids is 1. The Bertz CT molecular complexity index is 806. The zero-order valence-electron chi connectivity index (χ0n) is 14.6. The summed E-state index contributed by atoms with van der Waals surface area (Å²) in [6.07, 6.45) is 5.39. The number of hydrogen-bond acceptors (Lipinski definition) is 2. The number of urea groups is 1. The van der Waals surface area contributed by atoms with Crippen molar-refractivity contribution in [3.63, 3.8) is 0 Å². The predicted molar refractivity (Wildman–Crippen MR) is 106 cm³/mol. The third kappa shape index (κ3) is 3.05. The minimum absolute atomic E-state index is 0.0207. The Morgan fingerprint density at radius 3 is 2.58 bits per heavy atom. The average molecular weight is 369 g/mol. The molecule has 4 rings (SSSR count). The molecule has 1 saturated heterocycles. The molecule has 2 aromatic rings. The molecule has 2 unspecified atom stereocenters. The molecule has 0 radical (unpaired) electrons. The average Bonchev–Trinajstić information content (AvgIpc) is 3.06. The summed E-state index contributed by atoms with van der Waals surface area (Å²) in [4.78, 5) is 15.5. The Morgan fingerprint density at radius 1 is 1.12 bits per heavy atom. The van der Waals surface area contributed by atoms with Gasteiger partial charge in [0.1, 0.15) is 12.2 Å². The number of quaternary nitrogens is 1. The standard InChI is InChI=1S/C21H22ClN3O/c22-18-9-11-19(12-10-18)25(15-13-23-21(25)26)20-8-4-5-14-24(20)16-17-6-2-1-3-7-17/h1-4,6-12,20H,5,13-16H2/p+1. The van der Waals surface area contributed by atoms with Gasteiger partial charge < -0.3 is 0 Å². The summed E-state index contributed by atoms with van der Waals surface area (Å²) in [7, 11) is 0. The lowest BCUT2D eigenvalue weighted by atomic mass is 10.1. The Balaban J connectivity index is 1.73. The quantitative estimate of drug-likeness (QED) is 0.649. The fraction of sp³-hybridized carbons (Fsp3) is 0.286. The first-order chi connectivity index (χ1) is 12.7. The molecule has 2 aromatic carbocycles. The Kier molecular flexibility index (Phi) is 4.81. The lowest BCUT2D eigenvalue weighted by Crippen LogP contribution is -2.65. The van der Waals surface area contributed by atoms with Crippen molar-refractivity contribution in [1.29, 1.82) is 0 Å². The van der Waals surface area contributed by atoms with Crippen LogP contribution in [0.4, 0.5) is 10.5 Å². The number of hydrogen-bond donors (Lipinski definition) is 1. The van der Waals surface area contributed by atoms with E-state index in [-0.39, 0.29) is 16.7 Å². The number of carbonyl (C=O) groups is 1. The normalized spacial score (nSPS) is 26.0. The molecule has 134 valence electrons. The first-order valence-corrected chi connectivity index (χ1v) is 9.45. The van der Waals surface area contributed by atoms with Crippen LogP contribution in [-0.2, 0) is 6.54 Å². The second-order valence-electron chi connectivity index (χ2n) is 6.89. The van der Waals surface area contributed by atoms with Gasteiger partial charge in [0, 0.05) is 30.2 Å². The molecule has 2 aliphatic rings. The first-order valence-electron chi connectivity index (χ1n) is 9.07. The minimum atomic E-state index is -0.0207. The molecule has 0 spiro atoms. The van der Waals surface area contributed by atoms with Gasteiger partial charge >= 0.3 is 6.03 Å². The van der Waals surface area contributed by atoms with E-state index < -0.39 is 0 Å². The summed E-state index contributed by atoms with van der Waals surface area (Å²) in [6, 6.07) is 18.2. The molecule has 0 bridgehead atoms. The van der Waals surface area contributed by atoms with Gasteiger partial charge in [0.05, 0.1) is 6.54 Å². The van der Waals surface area contributed by atoms with E-state index in [2.05, 4.69) is 46.6 Å². The van der Waals surface area contributed by atoms with Gasteiger partial charge in [-0.15, -0.1) is 0 Å². The third-order valence-electron chi connectivity index (χ3n) is 5.34. The van der Waals surface area contributed by atoms with E-state index in [0.29, 0.717) is 11.6 Å². The Morgan fingerprint density at radius 2 is 1.88 bits per heavy atom. The first kappa shape index (κ1) is 17.3. The van der Waals surface area contributed by atoms with E-state index in [1.165, 1.54) is 5.56 Å². The van der Waals surface area contributed by atoms with Crippen LogP contribution in [0.5, 0.6) is 0 Å². The molecule has 0 saturated carbocycles. The van der Waals surface area contributed by atoms with Crippen LogP contribution in [-0.4, -0.2) is 36.7 Å². The maximum atomic E-state index is 13.0. The molecule has 0 aliphatic carbocycles. The van der Waals surface area contributed by atoms with Gasteiger partial charge in [-0.25, -0.2) is 9.69 Å². The largest absolute Gasteiger partial charge is 0.423 e. The van der Waals surface area contributed by atoms with Crippen LogP contribution < -0.4 is 9.80 Å². The summed E-state index contributed by atoms with van der Waals surface area (Å²) in [6.45, 7) is 3.19. The van der Waals surface area contributed by atoms with Crippen molar-refractivity contribution in [2.75, 3.05) is 19.6 Å². The van der Waals surface area contributed by atoms with E-state index in [1.807, 2.05) is 30.3 Å². The molecule has 2 heterocycles. The highest BCUT2D eigenvalue weighted by Gasteiger charge is 2.51. The maximum absolute atomic E-state index is 13.0. The molecule has 2 atom stereocenters. The van der Waals surface area contributed by atoms with Crippen LogP contribution >= 0.6 is 11.6 Å². The van der Waals surface area contributed by atoms with Crippen LogP contribution in [0.3, 0.4) is 0 Å². The van der Waals surface area contributed by atoms with Gasteiger partial charge in [-0.2, -0.15) is 4.48 Å².